The van der Waals surface area contributed by atoms with E-state index in [4.69, 9.17) is 15.0 Å². The van der Waals surface area contributed by atoms with Gasteiger partial charge in [-0.15, -0.1) is 0 Å². The molecule has 4 heteroatoms. The van der Waals surface area contributed by atoms with Crippen LogP contribution in [0, 0.1) is 20.8 Å². The fourth-order valence-corrected chi connectivity index (χ4v) is 3.53. The first-order valence-electron chi connectivity index (χ1n) is 10.2. The Morgan fingerprint density at radius 1 is 0.633 bits per heavy atom. The Morgan fingerprint density at radius 3 is 1.73 bits per heavy atom. The van der Waals surface area contributed by atoms with Crippen LogP contribution in [0.1, 0.15) is 39.5 Å². The number of aromatic nitrogens is 3. The summed E-state index contributed by atoms with van der Waals surface area (Å²) in [6.07, 6.45) is 1.35. The Hall–Kier alpha value is -3.53. The Bertz CT molecular complexity index is 1100. The number of nitrogens with one attached hydrogen (secondary N) is 1. The second kappa shape index (κ2) is 8.87. The predicted molar refractivity (Wildman–Crippen MR) is 122 cm³/mol. The number of benzene rings is 3. The second-order valence-electron chi connectivity index (χ2n) is 7.76. The molecule has 1 N–H and O–H groups in total. The maximum atomic E-state index is 4.79. The van der Waals surface area contributed by atoms with Gasteiger partial charge >= 0.3 is 0 Å². The lowest BCUT2D eigenvalue weighted by molar-refractivity contribution is 0.855. The van der Waals surface area contributed by atoms with Gasteiger partial charge in [0.05, 0.1) is 0 Å². The average molecular weight is 395 g/mol. The van der Waals surface area contributed by atoms with Crippen LogP contribution in [0.2, 0.25) is 0 Å². The first-order chi connectivity index (χ1) is 14.5. The minimum Gasteiger partial charge on any atom is -0.324 e. The molecule has 0 fully saturated rings. The van der Waals surface area contributed by atoms with Crippen molar-refractivity contribution in [1.29, 1.82) is 0 Å². The molecular formula is C26H26N4. The van der Waals surface area contributed by atoms with Gasteiger partial charge < -0.3 is 5.32 Å². The van der Waals surface area contributed by atoms with Crippen molar-refractivity contribution in [1.82, 2.24) is 15.0 Å². The minimum absolute atomic E-state index is 0.588. The largest absolute Gasteiger partial charge is 0.324 e. The van der Waals surface area contributed by atoms with Crippen LogP contribution >= 0.6 is 0 Å². The van der Waals surface area contributed by atoms with E-state index >= 15 is 0 Å². The summed E-state index contributed by atoms with van der Waals surface area (Å²) >= 11 is 0. The van der Waals surface area contributed by atoms with Crippen LogP contribution in [0.3, 0.4) is 0 Å². The summed E-state index contributed by atoms with van der Waals surface area (Å²) in [4.78, 5) is 14.2. The molecule has 4 nitrogen and oxygen atoms in total. The van der Waals surface area contributed by atoms with Gasteiger partial charge in [0.1, 0.15) is 11.6 Å². The molecule has 4 rings (SSSR count). The van der Waals surface area contributed by atoms with Crippen LogP contribution in [0.5, 0.6) is 0 Å². The molecule has 3 aromatic carbocycles. The van der Waals surface area contributed by atoms with Crippen LogP contribution in [-0.4, -0.2) is 15.0 Å². The lowest BCUT2D eigenvalue weighted by atomic mass is 10.1. The molecule has 0 atom stereocenters. The molecule has 1 aromatic heterocycles. The van der Waals surface area contributed by atoms with Crippen LogP contribution in [0.25, 0.3) is 0 Å². The van der Waals surface area contributed by atoms with Crippen molar-refractivity contribution < 1.29 is 0 Å². The van der Waals surface area contributed by atoms with Crippen molar-refractivity contribution in [3.8, 4) is 0 Å². The maximum absolute atomic E-state index is 4.79. The molecule has 1 heterocycles. The summed E-state index contributed by atoms with van der Waals surface area (Å²) in [7, 11) is 0. The standard InChI is InChI=1S/C26H26N4/c1-18-8-6-11-21(14-18)16-24-28-25(17-22-12-7-9-19(2)15-22)30-26(29-24)27-23-13-5-4-10-20(23)3/h4-15H,16-17H2,1-3H3,(H,27,28,29,30). The second-order valence-corrected chi connectivity index (χ2v) is 7.76. The summed E-state index contributed by atoms with van der Waals surface area (Å²) in [5.41, 5.74) is 7.03. The third-order valence-corrected chi connectivity index (χ3v) is 5.01. The molecule has 150 valence electrons. The summed E-state index contributed by atoms with van der Waals surface area (Å²) in [6.45, 7) is 6.28. The molecule has 0 unspecified atom stereocenters. The highest BCUT2D eigenvalue weighted by Crippen LogP contribution is 2.19. The van der Waals surface area contributed by atoms with Crippen LogP contribution in [0.4, 0.5) is 11.6 Å². The van der Waals surface area contributed by atoms with E-state index in [1.54, 1.807) is 0 Å². The minimum atomic E-state index is 0.588. The summed E-state index contributed by atoms with van der Waals surface area (Å²) in [6, 6.07) is 25.1. The van der Waals surface area contributed by atoms with Gasteiger partial charge in [-0.25, -0.2) is 4.98 Å². The molecule has 0 amide bonds. The maximum Gasteiger partial charge on any atom is 0.230 e. The van der Waals surface area contributed by atoms with Gasteiger partial charge in [-0.2, -0.15) is 9.97 Å². The Balaban J connectivity index is 1.68. The number of rotatable bonds is 6. The van der Waals surface area contributed by atoms with E-state index in [1.807, 2.05) is 18.2 Å². The lowest BCUT2D eigenvalue weighted by Crippen LogP contribution is -2.09. The van der Waals surface area contributed by atoms with E-state index in [1.165, 1.54) is 22.3 Å². The summed E-state index contributed by atoms with van der Waals surface area (Å²) < 4.78 is 0. The van der Waals surface area contributed by atoms with E-state index in [-0.39, 0.29) is 0 Å². The number of para-hydroxylation sites is 1. The molecule has 4 aromatic rings. The van der Waals surface area contributed by atoms with Crippen molar-refractivity contribution in [3.05, 3.63) is 112 Å². The van der Waals surface area contributed by atoms with Gasteiger partial charge in [-0.3, -0.25) is 0 Å². The van der Waals surface area contributed by atoms with Crippen LogP contribution < -0.4 is 5.32 Å². The van der Waals surface area contributed by atoms with Gasteiger partial charge in [-0.05, 0) is 43.5 Å². The number of aryl methyl sites for hydroxylation is 3. The number of hydrogen-bond donors (Lipinski definition) is 1. The zero-order valence-corrected chi connectivity index (χ0v) is 17.7. The highest BCUT2D eigenvalue weighted by Gasteiger charge is 2.10. The average Bonchev–Trinajstić information content (AvgIpc) is 2.70. The Labute approximate surface area is 178 Å². The molecule has 0 aliphatic rings. The van der Waals surface area contributed by atoms with Gasteiger partial charge in [0.2, 0.25) is 5.95 Å². The highest BCUT2D eigenvalue weighted by molar-refractivity contribution is 5.57. The van der Waals surface area contributed by atoms with Gasteiger partial charge in [0.25, 0.3) is 0 Å². The van der Waals surface area contributed by atoms with Crippen molar-refractivity contribution in [2.45, 2.75) is 33.6 Å². The van der Waals surface area contributed by atoms with E-state index < -0.39 is 0 Å². The monoisotopic (exact) mass is 394 g/mol. The fraction of sp³-hybridized carbons (Fsp3) is 0.192. The fourth-order valence-electron chi connectivity index (χ4n) is 3.53. The lowest BCUT2D eigenvalue weighted by Gasteiger charge is -2.11. The molecule has 0 radical (unpaired) electrons. The molecule has 0 aliphatic carbocycles. The smallest absolute Gasteiger partial charge is 0.230 e. The predicted octanol–water partition coefficient (Wildman–Crippen LogP) is 5.72. The van der Waals surface area contributed by atoms with Crippen molar-refractivity contribution in [2.75, 3.05) is 5.32 Å². The third kappa shape index (κ3) is 5.09. The molecule has 0 spiro atoms. The van der Waals surface area contributed by atoms with Crippen LogP contribution in [0.15, 0.2) is 72.8 Å². The van der Waals surface area contributed by atoms with E-state index in [9.17, 15) is 0 Å². The first kappa shape index (κ1) is 19.8. The van der Waals surface area contributed by atoms with Gasteiger partial charge in [0.15, 0.2) is 0 Å². The number of hydrogen-bond acceptors (Lipinski definition) is 4. The summed E-state index contributed by atoms with van der Waals surface area (Å²) in [5.74, 6) is 2.13. The van der Waals surface area contributed by atoms with Crippen LogP contribution in [-0.2, 0) is 12.8 Å². The van der Waals surface area contributed by atoms with Gasteiger partial charge in [0, 0.05) is 18.5 Å². The van der Waals surface area contributed by atoms with E-state index in [0.717, 1.165) is 22.9 Å². The summed E-state index contributed by atoms with van der Waals surface area (Å²) in [5, 5.41) is 3.39. The molecule has 0 saturated heterocycles. The third-order valence-electron chi connectivity index (χ3n) is 5.01. The molecule has 0 bridgehead atoms. The van der Waals surface area contributed by atoms with Crippen molar-refractivity contribution >= 4 is 11.6 Å². The highest BCUT2D eigenvalue weighted by atomic mass is 15.2. The SMILES string of the molecule is Cc1cccc(Cc2nc(Cc3cccc(C)c3)nc(Nc3ccccc3C)n2)c1. The van der Waals surface area contributed by atoms with E-state index in [2.05, 4.69) is 80.7 Å². The Kier molecular flexibility index (Phi) is 5.84. The number of nitrogens with zero attached hydrogens (tertiary/aromatic N) is 3. The van der Waals surface area contributed by atoms with E-state index in [0.29, 0.717) is 18.8 Å². The van der Waals surface area contributed by atoms with Crippen molar-refractivity contribution in [2.24, 2.45) is 0 Å². The number of anilines is 2. The quantitative estimate of drug-likeness (QED) is 0.454. The normalized spacial score (nSPS) is 10.8. The molecule has 0 saturated carbocycles. The molecule has 0 aliphatic heterocycles. The Morgan fingerprint density at radius 2 is 1.20 bits per heavy atom. The van der Waals surface area contributed by atoms with Gasteiger partial charge in [-0.1, -0.05) is 77.9 Å². The van der Waals surface area contributed by atoms with Crippen molar-refractivity contribution in [3.63, 3.8) is 0 Å². The zero-order valence-electron chi connectivity index (χ0n) is 17.7. The first-order valence-corrected chi connectivity index (χ1v) is 10.2. The topological polar surface area (TPSA) is 50.7 Å². The molecule has 30 heavy (non-hydrogen) atoms. The molecular weight excluding hydrogens is 368 g/mol. The zero-order chi connectivity index (χ0) is 20.9.